The fourth-order valence-corrected chi connectivity index (χ4v) is 3.53. The van der Waals surface area contributed by atoms with E-state index in [0.717, 1.165) is 11.1 Å². The first-order valence-corrected chi connectivity index (χ1v) is 10.5. The number of pyridine rings is 2. The zero-order valence-electron chi connectivity index (χ0n) is 17.9. The van der Waals surface area contributed by atoms with Crippen LogP contribution in [0.1, 0.15) is 11.4 Å². The standard InChI is InChI=1S/C23H21FN6O3/c1-31-22-3-2-17-23(28-22)15(4-7-26-17)18-13-27-21(30-29-18)5-6-25-12-14-10-19-20(11-16(14)24)33-9-8-32-19/h2-4,7,10-11,13,25H,5-6,8-9,12H2,1H3. The van der Waals surface area contributed by atoms with Crippen LogP contribution >= 0.6 is 0 Å². The van der Waals surface area contributed by atoms with Crippen molar-refractivity contribution >= 4 is 11.0 Å². The molecule has 0 bridgehead atoms. The molecule has 0 saturated heterocycles. The van der Waals surface area contributed by atoms with Gasteiger partial charge >= 0.3 is 0 Å². The largest absolute Gasteiger partial charge is 0.486 e. The van der Waals surface area contributed by atoms with E-state index in [0.29, 0.717) is 72.7 Å². The Kier molecular flexibility index (Phi) is 5.90. The molecule has 9 nitrogen and oxygen atoms in total. The third kappa shape index (κ3) is 4.51. The zero-order chi connectivity index (χ0) is 22.6. The van der Waals surface area contributed by atoms with Gasteiger partial charge in [-0.3, -0.25) is 4.98 Å². The van der Waals surface area contributed by atoms with Gasteiger partial charge in [0.25, 0.3) is 0 Å². The van der Waals surface area contributed by atoms with E-state index >= 15 is 0 Å². The van der Waals surface area contributed by atoms with Crippen LogP contribution in [-0.2, 0) is 13.0 Å². The van der Waals surface area contributed by atoms with Crippen LogP contribution < -0.4 is 19.5 Å². The summed E-state index contributed by atoms with van der Waals surface area (Å²) in [5.74, 6) is 1.76. The Balaban J connectivity index is 1.22. The van der Waals surface area contributed by atoms with E-state index in [1.165, 1.54) is 6.07 Å². The van der Waals surface area contributed by atoms with E-state index in [4.69, 9.17) is 14.2 Å². The molecule has 0 fully saturated rings. The van der Waals surface area contributed by atoms with Crippen molar-refractivity contribution in [1.82, 2.24) is 30.5 Å². The van der Waals surface area contributed by atoms with Crippen LogP contribution in [0.2, 0.25) is 0 Å². The summed E-state index contributed by atoms with van der Waals surface area (Å²) in [6.07, 6.45) is 3.91. The highest BCUT2D eigenvalue weighted by molar-refractivity contribution is 5.89. The Morgan fingerprint density at radius 2 is 1.91 bits per heavy atom. The minimum absolute atomic E-state index is 0.330. The molecule has 4 aromatic rings. The Morgan fingerprint density at radius 1 is 1.06 bits per heavy atom. The molecule has 0 saturated carbocycles. The van der Waals surface area contributed by atoms with Crippen molar-refractivity contribution in [2.45, 2.75) is 13.0 Å². The second-order valence-corrected chi connectivity index (χ2v) is 7.35. The van der Waals surface area contributed by atoms with Crippen LogP contribution in [0.4, 0.5) is 4.39 Å². The normalized spacial score (nSPS) is 12.7. The Labute approximate surface area is 189 Å². The number of nitrogens with one attached hydrogen (secondary N) is 1. The van der Waals surface area contributed by atoms with Crippen molar-refractivity contribution in [3.8, 4) is 28.6 Å². The number of ether oxygens (including phenoxy) is 3. The molecule has 0 amide bonds. The quantitative estimate of drug-likeness (QED) is 0.427. The number of hydrogen-bond donors (Lipinski definition) is 1. The van der Waals surface area contributed by atoms with E-state index in [-0.39, 0.29) is 5.82 Å². The number of fused-ring (bicyclic) bond motifs is 2. The van der Waals surface area contributed by atoms with E-state index in [9.17, 15) is 4.39 Å². The number of nitrogens with zero attached hydrogens (tertiary/aromatic N) is 5. The van der Waals surface area contributed by atoms with Crippen LogP contribution in [0.15, 0.2) is 42.7 Å². The zero-order valence-corrected chi connectivity index (χ0v) is 17.9. The van der Waals surface area contributed by atoms with Crippen LogP contribution in [0.5, 0.6) is 17.4 Å². The van der Waals surface area contributed by atoms with Gasteiger partial charge in [0, 0.05) is 49.0 Å². The SMILES string of the molecule is COc1ccc2nccc(-c3cnc(CCNCc4cc5c(cc4F)OCCO5)nn3)c2n1. The second-order valence-electron chi connectivity index (χ2n) is 7.35. The van der Waals surface area contributed by atoms with Crippen molar-refractivity contribution in [3.63, 3.8) is 0 Å². The van der Waals surface area contributed by atoms with Crippen molar-refractivity contribution in [3.05, 3.63) is 59.9 Å². The van der Waals surface area contributed by atoms with Gasteiger partial charge in [-0.25, -0.2) is 14.4 Å². The summed E-state index contributed by atoms with van der Waals surface area (Å²) in [6.45, 7) is 1.81. The van der Waals surface area contributed by atoms with Crippen molar-refractivity contribution in [2.24, 2.45) is 0 Å². The van der Waals surface area contributed by atoms with E-state index < -0.39 is 0 Å². The fourth-order valence-electron chi connectivity index (χ4n) is 3.53. The number of methoxy groups -OCH3 is 1. The van der Waals surface area contributed by atoms with Crippen LogP contribution in [0, 0.1) is 5.82 Å². The van der Waals surface area contributed by atoms with Crippen LogP contribution in [0.3, 0.4) is 0 Å². The first-order valence-electron chi connectivity index (χ1n) is 10.5. The molecule has 3 aromatic heterocycles. The third-order valence-electron chi connectivity index (χ3n) is 5.20. The molecule has 5 rings (SSSR count). The molecular weight excluding hydrogens is 427 g/mol. The fraction of sp³-hybridized carbons (Fsp3) is 0.261. The van der Waals surface area contributed by atoms with Gasteiger partial charge in [-0.2, -0.15) is 0 Å². The predicted octanol–water partition coefficient (Wildman–Crippen LogP) is 2.73. The molecular formula is C23H21FN6O3. The maximum absolute atomic E-state index is 14.3. The Hall–Kier alpha value is -3.92. The topological polar surface area (TPSA) is 104 Å². The summed E-state index contributed by atoms with van der Waals surface area (Å²) in [5.41, 5.74) is 3.29. The monoisotopic (exact) mass is 448 g/mol. The molecule has 0 unspecified atom stereocenters. The van der Waals surface area contributed by atoms with Crippen molar-refractivity contribution in [2.75, 3.05) is 26.9 Å². The number of rotatable bonds is 7. The van der Waals surface area contributed by atoms with Gasteiger partial charge in [-0.05, 0) is 18.2 Å². The summed E-state index contributed by atoms with van der Waals surface area (Å²) in [6, 6.07) is 8.46. The Morgan fingerprint density at radius 3 is 2.70 bits per heavy atom. The summed E-state index contributed by atoms with van der Waals surface area (Å²) >= 11 is 0. The minimum atomic E-state index is -0.330. The lowest BCUT2D eigenvalue weighted by molar-refractivity contribution is 0.170. The average Bonchev–Trinajstić information content (AvgIpc) is 2.86. The molecule has 1 N–H and O–H groups in total. The van der Waals surface area contributed by atoms with Crippen LogP contribution in [0.25, 0.3) is 22.3 Å². The second kappa shape index (κ2) is 9.29. The molecule has 0 spiro atoms. The molecule has 4 heterocycles. The molecule has 0 radical (unpaired) electrons. The third-order valence-corrected chi connectivity index (χ3v) is 5.20. The Bertz CT molecular complexity index is 1290. The molecule has 1 aromatic carbocycles. The van der Waals surface area contributed by atoms with Gasteiger partial charge in [-0.15, -0.1) is 10.2 Å². The highest BCUT2D eigenvalue weighted by atomic mass is 19.1. The molecule has 33 heavy (non-hydrogen) atoms. The number of halogens is 1. The van der Waals surface area contributed by atoms with Crippen LogP contribution in [-0.4, -0.2) is 52.0 Å². The number of benzene rings is 1. The highest BCUT2D eigenvalue weighted by Crippen LogP contribution is 2.32. The lowest BCUT2D eigenvalue weighted by Crippen LogP contribution is -2.20. The van der Waals surface area contributed by atoms with E-state index in [1.807, 2.05) is 12.1 Å². The molecule has 1 aliphatic heterocycles. The van der Waals surface area contributed by atoms with E-state index in [1.54, 1.807) is 31.6 Å². The molecule has 10 heteroatoms. The van der Waals surface area contributed by atoms with Gasteiger partial charge in [-0.1, -0.05) is 0 Å². The van der Waals surface area contributed by atoms with Gasteiger partial charge in [0.1, 0.15) is 30.2 Å². The molecule has 1 aliphatic rings. The van der Waals surface area contributed by atoms with E-state index in [2.05, 4.69) is 30.5 Å². The molecule has 0 aliphatic carbocycles. The maximum atomic E-state index is 14.3. The average molecular weight is 448 g/mol. The first kappa shape index (κ1) is 21.0. The minimum Gasteiger partial charge on any atom is -0.486 e. The summed E-state index contributed by atoms with van der Waals surface area (Å²) < 4.78 is 30.4. The van der Waals surface area contributed by atoms with Crippen molar-refractivity contribution in [1.29, 1.82) is 0 Å². The highest BCUT2D eigenvalue weighted by Gasteiger charge is 2.16. The lowest BCUT2D eigenvalue weighted by atomic mass is 10.1. The lowest BCUT2D eigenvalue weighted by Gasteiger charge is -2.19. The molecule has 0 atom stereocenters. The summed E-state index contributed by atoms with van der Waals surface area (Å²) in [4.78, 5) is 13.2. The number of hydrogen-bond acceptors (Lipinski definition) is 9. The van der Waals surface area contributed by atoms with Crippen molar-refractivity contribution < 1.29 is 18.6 Å². The van der Waals surface area contributed by atoms with Gasteiger partial charge < -0.3 is 19.5 Å². The molecule has 168 valence electrons. The summed E-state index contributed by atoms with van der Waals surface area (Å²) in [5, 5.41) is 11.8. The number of aromatic nitrogens is 5. The van der Waals surface area contributed by atoms with Gasteiger partial charge in [0.2, 0.25) is 5.88 Å². The predicted molar refractivity (Wildman–Crippen MR) is 118 cm³/mol. The smallest absolute Gasteiger partial charge is 0.213 e. The maximum Gasteiger partial charge on any atom is 0.213 e. The summed E-state index contributed by atoms with van der Waals surface area (Å²) in [7, 11) is 1.57. The first-order chi connectivity index (χ1) is 16.2. The van der Waals surface area contributed by atoms with Gasteiger partial charge in [0.05, 0.1) is 18.8 Å². The van der Waals surface area contributed by atoms with Gasteiger partial charge in [0.15, 0.2) is 17.3 Å².